The second kappa shape index (κ2) is 20.2. The van der Waals surface area contributed by atoms with Crippen molar-refractivity contribution in [2.24, 2.45) is 5.92 Å². The number of para-hydroxylation sites is 2. The van der Waals surface area contributed by atoms with E-state index in [0.29, 0.717) is 28.6 Å². The molecule has 0 aliphatic rings. The Balaban J connectivity index is 1.27. The van der Waals surface area contributed by atoms with Crippen LogP contribution in [-0.2, 0) is 4.79 Å². The van der Waals surface area contributed by atoms with E-state index in [0.717, 1.165) is 30.5 Å². The highest BCUT2D eigenvalue weighted by Crippen LogP contribution is 2.32. The molecule has 1 aromatic heterocycles. The lowest BCUT2D eigenvalue weighted by Crippen LogP contribution is -2.22. The number of benzene rings is 3. The first-order valence-corrected chi connectivity index (χ1v) is 18.2. The Morgan fingerprint density at radius 3 is 1.48 bits per heavy atom. The van der Waals surface area contributed by atoms with Crippen molar-refractivity contribution in [1.82, 2.24) is 15.0 Å². The van der Waals surface area contributed by atoms with E-state index >= 15 is 0 Å². The number of aromatic nitrogens is 3. The van der Waals surface area contributed by atoms with E-state index in [2.05, 4.69) is 34.1 Å². The molecule has 1 atom stereocenters. The third-order valence-electron chi connectivity index (χ3n) is 9.11. The SMILES string of the molecule is CCCCCCCCCCCCCCCCC(CC)C(=O)Nc1ccc(-c2nc(-c3ccccc3O)nc(-c3ccccc3O)n2)cc1. The molecule has 4 rings (SSSR count). The van der Waals surface area contributed by atoms with Gasteiger partial charge in [-0.15, -0.1) is 0 Å². The Labute approximate surface area is 287 Å². The van der Waals surface area contributed by atoms with Gasteiger partial charge in [0.1, 0.15) is 11.5 Å². The lowest BCUT2D eigenvalue weighted by molar-refractivity contribution is -0.120. The number of carbonyl (C=O) groups is 1. The second-order valence-electron chi connectivity index (χ2n) is 12.9. The maximum atomic E-state index is 13.1. The molecular weight excluding hydrogens is 596 g/mol. The zero-order chi connectivity index (χ0) is 34.0. The molecule has 256 valence electrons. The van der Waals surface area contributed by atoms with Crippen LogP contribution >= 0.6 is 0 Å². The standard InChI is InChI=1S/C41H54N4O3/c1-3-5-6-7-8-9-10-11-12-13-14-15-16-17-22-31(4-2)41(48)42-33-29-27-32(28-30-33)38-43-39(34-23-18-20-25-36(34)46)45-40(44-38)35-24-19-21-26-37(35)47/h18-21,23-31,46-47H,3-17,22H2,1-2H3,(H,42,48). The van der Waals surface area contributed by atoms with Crippen LogP contribution < -0.4 is 5.32 Å². The number of aromatic hydroxyl groups is 2. The lowest BCUT2D eigenvalue weighted by atomic mass is 9.96. The van der Waals surface area contributed by atoms with Gasteiger partial charge in [0.2, 0.25) is 5.91 Å². The van der Waals surface area contributed by atoms with E-state index in [1.165, 1.54) is 83.5 Å². The van der Waals surface area contributed by atoms with Gasteiger partial charge in [-0.3, -0.25) is 4.79 Å². The smallest absolute Gasteiger partial charge is 0.227 e. The van der Waals surface area contributed by atoms with E-state index in [-0.39, 0.29) is 23.3 Å². The highest BCUT2D eigenvalue weighted by Gasteiger charge is 2.18. The number of anilines is 1. The molecule has 7 nitrogen and oxygen atoms in total. The van der Waals surface area contributed by atoms with Crippen molar-refractivity contribution in [2.45, 2.75) is 117 Å². The predicted octanol–water partition coefficient (Wildman–Crippen LogP) is 11.1. The fourth-order valence-electron chi connectivity index (χ4n) is 6.12. The molecule has 0 spiro atoms. The van der Waals surface area contributed by atoms with Gasteiger partial charge in [-0.1, -0.05) is 128 Å². The summed E-state index contributed by atoms with van der Waals surface area (Å²) in [5.74, 6) is 1.14. The van der Waals surface area contributed by atoms with Gasteiger partial charge in [0.15, 0.2) is 17.5 Å². The van der Waals surface area contributed by atoms with Crippen LogP contribution in [0, 0.1) is 5.92 Å². The van der Waals surface area contributed by atoms with E-state index < -0.39 is 0 Å². The molecule has 0 bridgehead atoms. The quantitative estimate of drug-likeness (QED) is 0.0774. The van der Waals surface area contributed by atoms with Crippen molar-refractivity contribution in [3.05, 3.63) is 72.8 Å². The minimum atomic E-state index is -0.00671. The second-order valence-corrected chi connectivity index (χ2v) is 12.9. The summed E-state index contributed by atoms with van der Waals surface area (Å²) in [7, 11) is 0. The maximum absolute atomic E-state index is 13.1. The van der Waals surface area contributed by atoms with Gasteiger partial charge < -0.3 is 15.5 Å². The minimum Gasteiger partial charge on any atom is -0.507 e. The predicted molar refractivity (Wildman–Crippen MR) is 197 cm³/mol. The fraction of sp³-hybridized carbons (Fsp3) is 0.463. The van der Waals surface area contributed by atoms with Crippen molar-refractivity contribution >= 4 is 11.6 Å². The van der Waals surface area contributed by atoms with Crippen molar-refractivity contribution < 1.29 is 15.0 Å². The van der Waals surface area contributed by atoms with Gasteiger partial charge in [-0.25, -0.2) is 15.0 Å². The van der Waals surface area contributed by atoms with E-state index in [1.54, 1.807) is 48.5 Å². The number of phenolic OH excluding ortho intramolecular Hbond substituents is 2. The summed E-state index contributed by atoms with van der Waals surface area (Å²) in [6, 6.07) is 21.2. The Bertz CT molecular complexity index is 1480. The molecule has 7 heteroatoms. The molecule has 0 aliphatic heterocycles. The van der Waals surface area contributed by atoms with E-state index in [4.69, 9.17) is 0 Å². The summed E-state index contributed by atoms with van der Waals surface area (Å²) in [6.07, 6.45) is 20.3. The van der Waals surface area contributed by atoms with E-state index in [1.807, 2.05) is 24.3 Å². The molecule has 4 aromatic rings. The van der Waals surface area contributed by atoms with Crippen LogP contribution in [0.2, 0.25) is 0 Å². The number of amides is 1. The van der Waals surface area contributed by atoms with Gasteiger partial charge in [-0.2, -0.15) is 0 Å². The molecule has 48 heavy (non-hydrogen) atoms. The first-order chi connectivity index (χ1) is 23.5. The fourth-order valence-corrected chi connectivity index (χ4v) is 6.12. The molecule has 3 aromatic carbocycles. The lowest BCUT2D eigenvalue weighted by Gasteiger charge is -2.15. The summed E-state index contributed by atoms with van der Waals surface area (Å²) in [5.41, 5.74) is 2.37. The number of nitrogens with one attached hydrogen (secondary N) is 1. The molecule has 1 heterocycles. The van der Waals surface area contributed by atoms with Gasteiger partial charge in [0, 0.05) is 17.2 Å². The molecule has 0 saturated heterocycles. The van der Waals surface area contributed by atoms with Gasteiger partial charge in [0.25, 0.3) is 0 Å². The molecule has 0 aliphatic carbocycles. The average molecular weight is 651 g/mol. The number of rotatable bonds is 21. The topological polar surface area (TPSA) is 108 Å². The molecule has 0 saturated carbocycles. The first-order valence-electron chi connectivity index (χ1n) is 18.2. The number of hydrogen-bond acceptors (Lipinski definition) is 6. The highest BCUT2D eigenvalue weighted by molar-refractivity contribution is 5.92. The van der Waals surface area contributed by atoms with Crippen LogP contribution in [0.5, 0.6) is 11.5 Å². The maximum Gasteiger partial charge on any atom is 0.227 e. The first kappa shape index (κ1) is 36.6. The summed E-state index contributed by atoms with van der Waals surface area (Å²) in [5, 5.41) is 24.1. The molecule has 3 N–H and O–H groups in total. The number of carbonyl (C=O) groups excluding carboxylic acids is 1. The van der Waals surface area contributed by atoms with Crippen molar-refractivity contribution in [2.75, 3.05) is 5.32 Å². The van der Waals surface area contributed by atoms with Crippen LogP contribution in [0.4, 0.5) is 5.69 Å². The summed E-state index contributed by atoms with van der Waals surface area (Å²) in [6.45, 7) is 4.36. The molecular formula is C41H54N4O3. The average Bonchev–Trinajstić information content (AvgIpc) is 3.10. The third-order valence-corrected chi connectivity index (χ3v) is 9.11. The zero-order valence-electron chi connectivity index (χ0n) is 29.0. The third kappa shape index (κ3) is 11.5. The van der Waals surface area contributed by atoms with Crippen molar-refractivity contribution in [3.63, 3.8) is 0 Å². The van der Waals surface area contributed by atoms with Crippen LogP contribution in [0.15, 0.2) is 72.8 Å². The zero-order valence-corrected chi connectivity index (χ0v) is 29.0. The molecule has 1 unspecified atom stereocenters. The monoisotopic (exact) mass is 650 g/mol. The van der Waals surface area contributed by atoms with Gasteiger partial charge >= 0.3 is 0 Å². The molecule has 0 fully saturated rings. The van der Waals surface area contributed by atoms with Crippen LogP contribution in [-0.4, -0.2) is 31.1 Å². The number of nitrogens with zero attached hydrogens (tertiary/aromatic N) is 3. The van der Waals surface area contributed by atoms with Crippen LogP contribution in [0.25, 0.3) is 34.2 Å². The largest absolute Gasteiger partial charge is 0.507 e. The van der Waals surface area contributed by atoms with Crippen molar-refractivity contribution in [1.29, 1.82) is 0 Å². The van der Waals surface area contributed by atoms with Gasteiger partial charge in [-0.05, 0) is 61.4 Å². The highest BCUT2D eigenvalue weighted by atomic mass is 16.3. The van der Waals surface area contributed by atoms with Crippen LogP contribution in [0.1, 0.15) is 117 Å². The summed E-state index contributed by atoms with van der Waals surface area (Å²) >= 11 is 0. The van der Waals surface area contributed by atoms with E-state index in [9.17, 15) is 15.0 Å². The van der Waals surface area contributed by atoms with Crippen LogP contribution in [0.3, 0.4) is 0 Å². The Morgan fingerprint density at radius 2 is 1.02 bits per heavy atom. The number of hydrogen-bond donors (Lipinski definition) is 3. The number of phenols is 2. The number of unbranched alkanes of at least 4 members (excludes halogenated alkanes) is 13. The Morgan fingerprint density at radius 1 is 0.583 bits per heavy atom. The minimum absolute atomic E-state index is 0.00671. The van der Waals surface area contributed by atoms with Crippen molar-refractivity contribution in [3.8, 4) is 45.7 Å². The molecule has 0 radical (unpaired) electrons. The summed E-state index contributed by atoms with van der Waals surface area (Å²) in [4.78, 5) is 27.0. The Kier molecular flexibility index (Phi) is 15.4. The molecule has 1 amide bonds. The Hall–Kier alpha value is -4.26. The normalized spacial score (nSPS) is 11.8. The summed E-state index contributed by atoms with van der Waals surface area (Å²) < 4.78 is 0. The van der Waals surface area contributed by atoms with Gasteiger partial charge in [0.05, 0.1) is 11.1 Å².